The second-order valence-corrected chi connectivity index (χ2v) is 7.08. The number of H-pyrrole nitrogens is 1. The van der Waals surface area contributed by atoms with Gasteiger partial charge in [-0.2, -0.15) is 5.21 Å². The molecular formula is C15H13N5O3S. The van der Waals surface area contributed by atoms with Gasteiger partial charge in [-0.1, -0.05) is 0 Å². The average Bonchev–Trinajstić information content (AvgIpc) is 3.09. The summed E-state index contributed by atoms with van der Waals surface area (Å²) < 4.78 is 22.8. The van der Waals surface area contributed by atoms with Crippen LogP contribution in [0.15, 0.2) is 53.4 Å². The Bertz CT molecular complexity index is 949. The lowest BCUT2D eigenvalue weighted by molar-refractivity contribution is 0.102. The van der Waals surface area contributed by atoms with Crippen LogP contribution in [0.4, 0.5) is 5.69 Å². The highest BCUT2D eigenvalue weighted by atomic mass is 32.2. The molecule has 0 saturated carbocycles. The molecule has 0 saturated heterocycles. The van der Waals surface area contributed by atoms with Gasteiger partial charge in [-0.25, -0.2) is 8.42 Å². The number of tetrazole rings is 1. The fourth-order valence-electron chi connectivity index (χ4n) is 2.04. The molecule has 9 heteroatoms. The summed E-state index contributed by atoms with van der Waals surface area (Å²) in [4.78, 5) is 12.4. The lowest BCUT2D eigenvalue weighted by Gasteiger charge is -2.06. The number of nitrogens with zero attached hydrogens (tertiary/aromatic N) is 3. The summed E-state index contributed by atoms with van der Waals surface area (Å²) in [6, 6.07) is 12.7. The van der Waals surface area contributed by atoms with Crippen LogP contribution < -0.4 is 5.32 Å². The zero-order valence-corrected chi connectivity index (χ0v) is 13.4. The van der Waals surface area contributed by atoms with E-state index in [1.165, 1.54) is 24.3 Å². The van der Waals surface area contributed by atoms with E-state index in [1.807, 2.05) is 0 Å². The standard InChI is InChI=1S/C15H13N5O3S/c1-24(22,23)13-8-4-11(5-9-13)15(21)16-12-6-2-10(3-7-12)14-17-19-20-18-14/h2-9H,1H3,(H,16,21)(H,17,18,19,20). The van der Waals surface area contributed by atoms with E-state index in [-0.39, 0.29) is 10.8 Å². The number of hydrogen-bond acceptors (Lipinski definition) is 6. The molecular weight excluding hydrogens is 330 g/mol. The number of rotatable bonds is 4. The first kappa shape index (κ1) is 15.8. The van der Waals surface area contributed by atoms with Crippen LogP contribution >= 0.6 is 0 Å². The van der Waals surface area contributed by atoms with E-state index in [9.17, 15) is 13.2 Å². The molecule has 3 aromatic rings. The minimum atomic E-state index is -3.28. The fraction of sp³-hybridized carbons (Fsp3) is 0.0667. The second-order valence-electron chi connectivity index (χ2n) is 5.06. The molecule has 2 N–H and O–H groups in total. The van der Waals surface area contributed by atoms with E-state index in [1.54, 1.807) is 24.3 Å². The number of aromatic amines is 1. The number of amides is 1. The molecule has 0 aliphatic carbocycles. The van der Waals surface area contributed by atoms with E-state index >= 15 is 0 Å². The number of carbonyl (C=O) groups excluding carboxylic acids is 1. The van der Waals surface area contributed by atoms with Gasteiger partial charge in [0.25, 0.3) is 5.91 Å². The number of aromatic nitrogens is 4. The molecule has 1 amide bonds. The van der Waals surface area contributed by atoms with Crippen LogP contribution in [-0.4, -0.2) is 41.2 Å². The summed E-state index contributed by atoms with van der Waals surface area (Å²) in [6.07, 6.45) is 1.12. The molecule has 122 valence electrons. The van der Waals surface area contributed by atoms with E-state index in [2.05, 4.69) is 25.9 Å². The first-order valence-corrected chi connectivity index (χ1v) is 8.78. The monoisotopic (exact) mass is 343 g/mol. The molecule has 0 bridgehead atoms. The van der Waals surface area contributed by atoms with Crippen molar-refractivity contribution in [1.29, 1.82) is 0 Å². The van der Waals surface area contributed by atoms with E-state index in [0.29, 0.717) is 17.1 Å². The summed E-state index contributed by atoms with van der Waals surface area (Å²) in [6.45, 7) is 0. The average molecular weight is 343 g/mol. The number of benzene rings is 2. The van der Waals surface area contributed by atoms with Gasteiger partial charge in [-0.15, -0.1) is 10.2 Å². The summed E-state index contributed by atoms with van der Waals surface area (Å²) in [5, 5.41) is 16.3. The van der Waals surface area contributed by atoms with Gasteiger partial charge in [-0.05, 0) is 53.7 Å². The molecule has 24 heavy (non-hydrogen) atoms. The molecule has 3 rings (SSSR count). The zero-order chi connectivity index (χ0) is 17.2. The molecule has 0 atom stereocenters. The van der Waals surface area contributed by atoms with Crippen LogP contribution in [0.25, 0.3) is 11.4 Å². The van der Waals surface area contributed by atoms with Crippen LogP contribution in [0.1, 0.15) is 10.4 Å². The molecule has 8 nitrogen and oxygen atoms in total. The summed E-state index contributed by atoms with van der Waals surface area (Å²) >= 11 is 0. The Balaban J connectivity index is 1.73. The molecule has 2 aromatic carbocycles. The summed E-state index contributed by atoms with van der Waals surface area (Å²) in [7, 11) is -3.28. The highest BCUT2D eigenvalue weighted by molar-refractivity contribution is 7.90. The van der Waals surface area contributed by atoms with Crippen molar-refractivity contribution in [2.75, 3.05) is 11.6 Å². The van der Waals surface area contributed by atoms with Gasteiger partial charge in [0, 0.05) is 23.1 Å². The first-order chi connectivity index (χ1) is 11.4. The van der Waals surface area contributed by atoms with Crippen molar-refractivity contribution < 1.29 is 13.2 Å². The normalized spacial score (nSPS) is 11.2. The predicted octanol–water partition coefficient (Wildman–Crippen LogP) is 1.52. The topological polar surface area (TPSA) is 118 Å². The maximum atomic E-state index is 12.2. The van der Waals surface area contributed by atoms with Crippen LogP contribution in [-0.2, 0) is 9.84 Å². The van der Waals surface area contributed by atoms with Crippen molar-refractivity contribution >= 4 is 21.4 Å². The maximum Gasteiger partial charge on any atom is 0.255 e. The Morgan fingerprint density at radius 1 is 1.04 bits per heavy atom. The van der Waals surface area contributed by atoms with Gasteiger partial charge < -0.3 is 5.32 Å². The van der Waals surface area contributed by atoms with Crippen molar-refractivity contribution in [2.45, 2.75) is 4.90 Å². The van der Waals surface area contributed by atoms with E-state index in [4.69, 9.17) is 0 Å². The van der Waals surface area contributed by atoms with Gasteiger partial charge in [0.1, 0.15) is 0 Å². The largest absolute Gasteiger partial charge is 0.322 e. The third-order valence-corrected chi connectivity index (χ3v) is 4.42. The van der Waals surface area contributed by atoms with Crippen LogP contribution in [0.5, 0.6) is 0 Å². The van der Waals surface area contributed by atoms with Gasteiger partial charge in [0.15, 0.2) is 9.84 Å². The third kappa shape index (κ3) is 3.46. The second kappa shape index (κ2) is 6.20. The maximum absolute atomic E-state index is 12.2. The Morgan fingerprint density at radius 2 is 1.71 bits per heavy atom. The van der Waals surface area contributed by atoms with Crippen LogP contribution in [0.2, 0.25) is 0 Å². The molecule has 0 aliphatic heterocycles. The molecule has 0 fully saturated rings. The number of hydrogen-bond donors (Lipinski definition) is 2. The number of nitrogens with one attached hydrogen (secondary N) is 2. The molecule has 0 radical (unpaired) electrons. The summed E-state index contributed by atoms with van der Waals surface area (Å²) in [5.41, 5.74) is 1.73. The predicted molar refractivity (Wildman–Crippen MR) is 87.1 cm³/mol. The molecule has 1 heterocycles. The Kier molecular flexibility index (Phi) is 4.09. The number of carbonyl (C=O) groups is 1. The van der Waals surface area contributed by atoms with Crippen molar-refractivity contribution in [3.63, 3.8) is 0 Å². The third-order valence-electron chi connectivity index (χ3n) is 3.29. The Labute approximate surface area is 137 Å². The summed E-state index contributed by atoms with van der Waals surface area (Å²) in [5.74, 6) is 0.131. The van der Waals surface area contributed by atoms with Gasteiger partial charge in [0.2, 0.25) is 5.82 Å². The first-order valence-electron chi connectivity index (χ1n) is 6.89. The highest BCUT2D eigenvalue weighted by Gasteiger charge is 2.10. The quantitative estimate of drug-likeness (QED) is 0.741. The smallest absolute Gasteiger partial charge is 0.255 e. The van der Waals surface area contributed by atoms with Crippen LogP contribution in [0, 0.1) is 0 Å². The van der Waals surface area contributed by atoms with E-state index < -0.39 is 9.84 Å². The minimum absolute atomic E-state index is 0.170. The number of anilines is 1. The lowest BCUT2D eigenvalue weighted by atomic mass is 10.1. The SMILES string of the molecule is CS(=O)(=O)c1ccc(C(=O)Nc2ccc(-c3nn[nH]n3)cc2)cc1. The van der Waals surface area contributed by atoms with Gasteiger partial charge >= 0.3 is 0 Å². The van der Waals surface area contributed by atoms with Crippen molar-refractivity contribution in [2.24, 2.45) is 0 Å². The Morgan fingerprint density at radius 3 is 2.25 bits per heavy atom. The highest BCUT2D eigenvalue weighted by Crippen LogP contribution is 2.18. The molecule has 0 unspecified atom stereocenters. The van der Waals surface area contributed by atoms with Crippen molar-refractivity contribution in [3.8, 4) is 11.4 Å². The molecule has 0 aliphatic rings. The Hall–Kier alpha value is -3.07. The molecule has 0 spiro atoms. The van der Waals surface area contributed by atoms with Crippen molar-refractivity contribution in [1.82, 2.24) is 20.6 Å². The number of sulfone groups is 1. The van der Waals surface area contributed by atoms with Gasteiger partial charge in [-0.3, -0.25) is 4.79 Å². The molecule has 1 aromatic heterocycles. The van der Waals surface area contributed by atoms with E-state index in [0.717, 1.165) is 11.8 Å². The lowest BCUT2D eigenvalue weighted by Crippen LogP contribution is -2.12. The zero-order valence-electron chi connectivity index (χ0n) is 12.6. The van der Waals surface area contributed by atoms with Crippen molar-refractivity contribution in [3.05, 3.63) is 54.1 Å². The van der Waals surface area contributed by atoms with Crippen LogP contribution in [0.3, 0.4) is 0 Å². The fourth-order valence-corrected chi connectivity index (χ4v) is 2.67. The minimum Gasteiger partial charge on any atom is -0.322 e. The van der Waals surface area contributed by atoms with Gasteiger partial charge in [0.05, 0.1) is 4.90 Å².